The summed E-state index contributed by atoms with van der Waals surface area (Å²) in [5.41, 5.74) is 7.54. The Hall–Kier alpha value is -10.3. The number of aliphatic carboxylic acids is 2. The monoisotopic (exact) mass is 1380 g/mol. The molecule has 2 fully saturated rings. The van der Waals surface area contributed by atoms with Crippen LogP contribution >= 0.6 is 0 Å². The molecule has 2 atom stereocenters. The number of halogens is 6. The largest absolute Gasteiger partial charge is 0.490 e. The van der Waals surface area contributed by atoms with Gasteiger partial charge >= 0.3 is 42.9 Å². The van der Waals surface area contributed by atoms with Gasteiger partial charge in [0.05, 0.1) is 0 Å². The highest BCUT2D eigenvalue weighted by Gasteiger charge is 2.38. The average Bonchev–Trinajstić information content (AvgIpc) is 0.821. The van der Waals surface area contributed by atoms with Crippen LogP contribution in [0.2, 0.25) is 0 Å². The predicted molar refractivity (Wildman–Crippen MR) is 351 cm³/mol. The first kappa shape index (κ1) is 76.7. The molecule has 0 unspecified atom stereocenters. The zero-order valence-electron chi connectivity index (χ0n) is 54.8. The van der Waals surface area contributed by atoms with Crippen LogP contribution in [-0.4, -0.2) is 165 Å². The number of pyridine rings is 2. The number of nitrogens with one attached hydrogen (secondary N) is 6. The molecule has 0 radical (unpaired) electrons. The van der Waals surface area contributed by atoms with Crippen molar-refractivity contribution in [1.29, 1.82) is 0 Å². The maximum Gasteiger partial charge on any atom is 0.490 e. The van der Waals surface area contributed by atoms with Gasteiger partial charge in [-0.3, -0.25) is 4.79 Å². The lowest BCUT2D eigenvalue weighted by molar-refractivity contribution is -0.192. The third-order valence-electron chi connectivity index (χ3n) is 15.6. The maximum absolute atomic E-state index is 13.0. The molecule has 2 amide bonds. The molecule has 4 aliphatic rings. The Morgan fingerprint density at radius 3 is 1.37 bits per heavy atom. The summed E-state index contributed by atoms with van der Waals surface area (Å²) in [6, 6.07) is 25.2. The maximum atomic E-state index is 13.0. The molecule has 10 rings (SSSR count). The molecular weight excluding hydrogens is 1290 g/mol. The van der Waals surface area contributed by atoms with Gasteiger partial charge in [0.25, 0.3) is 6.47 Å². The Bertz CT molecular complexity index is 3550. The number of nitrogens with zero attached hydrogens (tertiary/aromatic N) is 8. The molecule has 98 heavy (non-hydrogen) atoms. The highest BCUT2D eigenvalue weighted by atomic mass is 19.4. The second-order valence-electron chi connectivity index (χ2n) is 23.7. The van der Waals surface area contributed by atoms with Gasteiger partial charge in [-0.2, -0.15) is 26.3 Å². The van der Waals surface area contributed by atoms with E-state index in [9.17, 15) is 50.6 Å². The Morgan fingerprint density at radius 1 is 0.622 bits per heavy atom. The van der Waals surface area contributed by atoms with Crippen molar-refractivity contribution in [1.82, 2.24) is 40.5 Å². The molecule has 26 nitrogen and oxygen atoms in total. The summed E-state index contributed by atoms with van der Waals surface area (Å²) in [5.74, 6) is 1.17. The van der Waals surface area contributed by atoms with E-state index in [1.807, 2.05) is 74.5 Å². The number of esters is 1. The van der Waals surface area contributed by atoms with Crippen LogP contribution in [0.15, 0.2) is 97.6 Å². The van der Waals surface area contributed by atoms with E-state index in [0.717, 1.165) is 148 Å². The fourth-order valence-electron chi connectivity index (χ4n) is 10.8. The number of benzene rings is 2. The quantitative estimate of drug-likeness (QED) is 0.0167. The number of amides is 2. The molecule has 0 aliphatic carbocycles. The van der Waals surface area contributed by atoms with Gasteiger partial charge in [-0.1, -0.05) is 72.8 Å². The molecular formula is C66H82F6N14O12. The molecule has 2 saturated heterocycles. The first-order valence-electron chi connectivity index (χ1n) is 31.5. The van der Waals surface area contributed by atoms with Gasteiger partial charge in [0, 0.05) is 86.7 Å². The minimum atomic E-state index is -5.08. The van der Waals surface area contributed by atoms with Gasteiger partial charge < -0.3 is 71.2 Å². The first-order valence-corrected chi connectivity index (χ1v) is 31.5. The van der Waals surface area contributed by atoms with Crippen LogP contribution in [0.5, 0.6) is 0 Å². The number of fused-ring (bicyclic) bond motifs is 2. The fourth-order valence-corrected chi connectivity index (χ4v) is 10.8. The third-order valence-corrected chi connectivity index (χ3v) is 15.6. The Morgan fingerprint density at radius 2 is 1.00 bits per heavy atom. The lowest BCUT2D eigenvalue weighted by Gasteiger charge is -2.34. The number of aryl methyl sites for hydroxylation is 2. The fraction of sp³-hybridized carbons (Fsp3) is 0.455. The molecule has 0 spiro atoms. The highest BCUT2D eigenvalue weighted by molar-refractivity contribution is 5.83. The van der Waals surface area contributed by atoms with E-state index in [4.69, 9.17) is 44.0 Å². The van der Waals surface area contributed by atoms with Crippen LogP contribution in [0, 0.1) is 13.8 Å². The van der Waals surface area contributed by atoms with Crippen molar-refractivity contribution in [2.24, 2.45) is 0 Å². The van der Waals surface area contributed by atoms with Crippen molar-refractivity contribution < 1.29 is 84.6 Å². The number of carbonyl (C=O) groups excluding carboxylic acids is 3. The Balaban J connectivity index is 0.000000260. The lowest BCUT2D eigenvalue weighted by Crippen LogP contribution is -2.48. The van der Waals surface area contributed by atoms with E-state index >= 15 is 0 Å². The standard InChI is InChI=1S/C33H43N7O4.C29H35N7O4.C2HF3O2.CHF3.CH2O2/c1-22-28(35-19-27(31(41)44-33(2,3)4)39-32(42)43-20-23-9-6-5-7-10-23)36-21-37-30(22)40-17-14-24(15-18-40)26-13-12-25-11-8-16-34-29(25)38-26;1-19-25(31-16-24(28(37)38)35-29(39)40-17-20-6-3-2-4-7-20)32-18-33-27(19)36-14-11-21(12-15-36)23-10-9-22-8-5-13-30-26(22)34-23;3-2(4,5)1(6)7;2-1(3)4;2-1-3/h5-7,9-10,12-13,21,24,27H,8,11,14-20H2,1-4H3,(H,34,38)(H,39,42)(H,35,36,37);2-4,6-7,9-10,18,21,24H,5,8,11-17H2,1H3,(H,30,34)(H,35,39)(H,37,38)(H,31,32,33);(H,6,7);1H;1H,(H,2,3)/t27-;24-;;;/m00.../s1. The van der Waals surface area contributed by atoms with E-state index < -0.39 is 60.6 Å². The molecule has 9 N–H and O–H groups in total. The van der Waals surface area contributed by atoms with Crippen LogP contribution in [0.25, 0.3) is 0 Å². The normalized spacial score (nSPS) is 14.9. The SMILES string of the molecule is Cc1c(NC[C@H](NC(=O)OCc2ccccc2)C(=O)O)ncnc1N1CCC(c2ccc3c(n2)NCCC3)CC1.Cc1c(NC[C@H](NC(=O)OCc2ccccc2)C(=O)OC(C)(C)C)ncnc1N1CCC(c2ccc3c(n2)NCCC3)CC1.FC(F)F.O=C(O)C(F)(F)F.O=CO. The number of carboxylic acids is 2. The smallest absolute Gasteiger partial charge is 0.483 e. The van der Waals surface area contributed by atoms with Gasteiger partial charge in [0.1, 0.15) is 78.5 Å². The average molecular weight is 1380 g/mol. The van der Waals surface area contributed by atoms with E-state index in [2.05, 4.69) is 85.9 Å². The van der Waals surface area contributed by atoms with Crippen molar-refractivity contribution in [2.45, 2.75) is 142 Å². The number of ether oxygens (including phenoxy) is 3. The minimum Gasteiger partial charge on any atom is -0.483 e. The molecule has 0 bridgehead atoms. The van der Waals surface area contributed by atoms with Gasteiger partial charge in [-0.25, -0.2) is 53.9 Å². The predicted octanol–water partition coefficient (Wildman–Crippen LogP) is 10.2. The van der Waals surface area contributed by atoms with Crippen LogP contribution in [0.3, 0.4) is 0 Å². The third kappa shape index (κ3) is 25.0. The molecule has 6 aromatic rings. The molecule has 32 heteroatoms. The number of carbonyl (C=O) groups is 6. The van der Waals surface area contributed by atoms with Crippen molar-refractivity contribution in [3.05, 3.63) is 142 Å². The lowest BCUT2D eigenvalue weighted by atomic mass is 9.92. The summed E-state index contributed by atoms with van der Waals surface area (Å²) in [6.07, 6.45) is 4.77. The van der Waals surface area contributed by atoms with Gasteiger partial charge in [0.2, 0.25) is 0 Å². The van der Waals surface area contributed by atoms with E-state index in [-0.39, 0.29) is 32.8 Å². The summed E-state index contributed by atoms with van der Waals surface area (Å²) in [6.45, 7) is 10.8. The second kappa shape index (κ2) is 37.9. The van der Waals surface area contributed by atoms with Crippen LogP contribution in [-0.2, 0) is 59.4 Å². The zero-order chi connectivity index (χ0) is 71.4. The number of anilines is 6. The van der Waals surface area contributed by atoms with Gasteiger partial charge in [-0.15, -0.1) is 0 Å². The first-order chi connectivity index (χ1) is 46.7. The van der Waals surface area contributed by atoms with Crippen LogP contribution in [0.1, 0.15) is 116 Å². The molecule has 8 heterocycles. The summed E-state index contributed by atoms with van der Waals surface area (Å²) in [4.78, 5) is 99.2. The van der Waals surface area contributed by atoms with Crippen molar-refractivity contribution in [3.63, 3.8) is 0 Å². The molecule has 530 valence electrons. The summed E-state index contributed by atoms with van der Waals surface area (Å²) < 4.78 is 76.8. The number of hydrogen-bond acceptors (Lipinski definition) is 21. The van der Waals surface area contributed by atoms with Crippen molar-refractivity contribution in [2.75, 3.05) is 83.4 Å². The van der Waals surface area contributed by atoms with Crippen LogP contribution < -0.4 is 41.7 Å². The summed E-state index contributed by atoms with van der Waals surface area (Å²) in [7, 11) is 0. The van der Waals surface area contributed by atoms with Crippen molar-refractivity contribution >= 4 is 71.5 Å². The molecule has 2 aromatic carbocycles. The Kier molecular flexibility index (Phi) is 29.6. The number of alkyl carbamates (subject to hydrolysis) is 2. The van der Waals surface area contributed by atoms with E-state index in [0.29, 0.717) is 23.5 Å². The topological polar surface area (TPSA) is 347 Å². The number of carboxylic acid groups (broad SMARTS) is 3. The van der Waals surface area contributed by atoms with E-state index in [1.165, 1.54) is 23.8 Å². The molecule has 4 aromatic heterocycles. The Labute approximate surface area is 562 Å². The molecule has 4 aliphatic heterocycles. The second-order valence-corrected chi connectivity index (χ2v) is 23.7. The number of piperidine rings is 2. The number of alkyl halides is 6. The van der Waals surface area contributed by atoms with Crippen LogP contribution in [0.4, 0.5) is 70.8 Å². The summed E-state index contributed by atoms with van der Waals surface area (Å²) >= 11 is 0. The number of aromatic nitrogens is 6. The van der Waals surface area contributed by atoms with Gasteiger partial charge in [0.15, 0.2) is 0 Å². The number of rotatable bonds is 18. The minimum absolute atomic E-state index is 0.0525. The number of hydrogen-bond donors (Lipinski definition) is 9. The highest BCUT2D eigenvalue weighted by Crippen LogP contribution is 2.35. The van der Waals surface area contributed by atoms with E-state index in [1.54, 1.807) is 20.8 Å². The summed E-state index contributed by atoms with van der Waals surface area (Å²) in [5, 5.41) is 41.9. The zero-order valence-corrected chi connectivity index (χ0v) is 54.8. The van der Waals surface area contributed by atoms with Gasteiger partial charge in [-0.05, 0) is 120 Å². The van der Waals surface area contributed by atoms with Crippen molar-refractivity contribution in [3.8, 4) is 0 Å². The molecule has 0 saturated carbocycles.